The van der Waals surface area contributed by atoms with Gasteiger partial charge in [0.25, 0.3) is 0 Å². The highest BCUT2D eigenvalue weighted by Gasteiger charge is 2.31. The van der Waals surface area contributed by atoms with Crippen LogP contribution in [0, 0.1) is 0 Å². The molecule has 0 bridgehead atoms. The quantitative estimate of drug-likeness (QED) is 0.788. The lowest BCUT2D eigenvalue weighted by molar-refractivity contribution is -0.143. The molecule has 1 aromatic carbocycles. The van der Waals surface area contributed by atoms with E-state index in [4.69, 9.17) is 9.73 Å². The van der Waals surface area contributed by atoms with Gasteiger partial charge in [0.15, 0.2) is 0 Å². The van der Waals surface area contributed by atoms with Gasteiger partial charge in [0.1, 0.15) is 6.10 Å². The first-order chi connectivity index (χ1) is 11.1. The molecule has 3 heterocycles. The van der Waals surface area contributed by atoms with Crippen LogP contribution in [-0.4, -0.2) is 35.8 Å². The monoisotopic (exact) mass is 306 g/mol. The van der Waals surface area contributed by atoms with Crippen molar-refractivity contribution in [3.8, 4) is 0 Å². The molecule has 0 saturated heterocycles. The van der Waals surface area contributed by atoms with Crippen LogP contribution in [0.3, 0.4) is 0 Å². The molecule has 3 aliphatic heterocycles. The van der Waals surface area contributed by atoms with Gasteiger partial charge in [-0.1, -0.05) is 30.4 Å². The Bertz CT molecular complexity index is 814. The summed E-state index contributed by atoms with van der Waals surface area (Å²) in [5, 5.41) is 0. The summed E-state index contributed by atoms with van der Waals surface area (Å²) in [6.07, 6.45) is 6.20. The topological polar surface area (TPSA) is 41.9 Å². The van der Waals surface area contributed by atoms with E-state index in [0.29, 0.717) is 0 Å². The summed E-state index contributed by atoms with van der Waals surface area (Å²) in [4.78, 5) is 18.2. The summed E-state index contributed by atoms with van der Waals surface area (Å²) in [7, 11) is 0. The Morgan fingerprint density at radius 3 is 2.96 bits per heavy atom. The summed E-state index contributed by atoms with van der Waals surface area (Å²) in [6.45, 7) is 4.97. The fourth-order valence-electron chi connectivity index (χ4n) is 3.34. The number of carbonyl (C=O) groups is 1. The molecular formula is C19H18N2O2. The zero-order valence-corrected chi connectivity index (χ0v) is 13.2. The Labute approximate surface area is 135 Å². The maximum Gasteiger partial charge on any atom is 0.303 e. The molecule has 4 heteroatoms. The molecule has 1 atom stereocenters. The highest BCUT2D eigenvalue weighted by atomic mass is 16.5. The predicted octanol–water partition coefficient (Wildman–Crippen LogP) is 3.25. The zero-order valence-electron chi connectivity index (χ0n) is 13.2. The number of ether oxygens (including phenoxy) is 1. The standard InChI is InChI=1S/C19H18N2O2/c1-12(23-13(2)22)14-7-8-18-19-16(9-10-21(18)11-14)15-5-3-4-6-17(15)20-19/h3-9,12H,10-11H2,1-2H3. The maximum absolute atomic E-state index is 11.1. The molecule has 0 radical (unpaired) electrons. The summed E-state index contributed by atoms with van der Waals surface area (Å²) < 4.78 is 5.30. The zero-order chi connectivity index (χ0) is 16.0. The van der Waals surface area contributed by atoms with E-state index >= 15 is 0 Å². The maximum atomic E-state index is 11.1. The second kappa shape index (κ2) is 5.23. The first-order valence-electron chi connectivity index (χ1n) is 7.85. The van der Waals surface area contributed by atoms with Crippen LogP contribution in [0.2, 0.25) is 0 Å². The Kier molecular flexibility index (Phi) is 3.18. The summed E-state index contributed by atoms with van der Waals surface area (Å²) in [6, 6.07) is 8.26. The van der Waals surface area contributed by atoms with Crippen molar-refractivity contribution in [3.05, 3.63) is 59.3 Å². The van der Waals surface area contributed by atoms with Crippen LogP contribution >= 0.6 is 0 Å². The van der Waals surface area contributed by atoms with E-state index in [1.54, 1.807) is 0 Å². The molecule has 1 unspecified atom stereocenters. The van der Waals surface area contributed by atoms with Gasteiger partial charge in [0, 0.05) is 31.1 Å². The smallest absolute Gasteiger partial charge is 0.303 e. The van der Waals surface area contributed by atoms with Crippen LogP contribution in [0.15, 0.2) is 58.8 Å². The van der Waals surface area contributed by atoms with E-state index in [1.807, 2.05) is 13.0 Å². The molecule has 1 aromatic rings. The van der Waals surface area contributed by atoms with E-state index in [-0.39, 0.29) is 12.1 Å². The van der Waals surface area contributed by atoms with Gasteiger partial charge in [-0.15, -0.1) is 0 Å². The number of nitrogens with zero attached hydrogens (tertiary/aromatic N) is 2. The van der Waals surface area contributed by atoms with Crippen molar-refractivity contribution >= 4 is 22.9 Å². The third-order valence-corrected chi connectivity index (χ3v) is 4.47. The fourth-order valence-corrected chi connectivity index (χ4v) is 3.34. The van der Waals surface area contributed by atoms with Gasteiger partial charge in [-0.05, 0) is 24.6 Å². The van der Waals surface area contributed by atoms with Crippen LogP contribution in [0.1, 0.15) is 19.4 Å². The third kappa shape index (κ3) is 2.31. The number of allylic oxidation sites excluding steroid dienone is 3. The molecule has 0 spiro atoms. The number of hydrogen-bond donors (Lipinski definition) is 0. The summed E-state index contributed by atoms with van der Waals surface area (Å²) in [5.41, 5.74) is 6.79. The largest absolute Gasteiger partial charge is 0.458 e. The van der Waals surface area contributed by atoms with Crippen molar-refractivity contribution in [2.45, 2.75) is 20.0 Å². The Balaban J connectivity index is 1.67. The van der Waals surface area contributed by atoms with Gasteiger partial charge in [0.05, 0.1) is 17.1 Å². The van der Waals surface area contributed by atoms with Gasteiger partial charge in [-0.2, -0.15) is 0 Å². The van der Waals surface area contributed by atoms with Crippen molar-refractivity contribution < 1.29 is 9.53 Å². The first kappa shape index (κ1) is 14.0. The van der Waals surface area contributed by atoms with Gasteiger partial charge in [-0.25, -0.2) is 4.99 Å². The highest BCUT2D eigenvalue weighted by Crippen LogP contribution is 2.40. The fraction of sp³-hybridized carbons (Fsp3) is 0.263. The van der Waals surface area contributed by atoms with Crippen molar-refractivity contribution in [3.63, 3.8) is 0 Å². The number of esters is 1. The minimum Gasteiger partial charge on any atom is -0.458 e. The number of benzene rings is 1. The lowest BCUT2D eigenvalue weighted by atomic mass is 9.94. The molecule has 0 aromatic heterocycles. The molecule has 0 saturated carbocycles. The SMILES string of the molecule is CC(=O)OC(C)C1=CC=C2C3=Nc4ccccc4C3=CCN2C1. The first-order valence-corrected chi connectivity index (χ1v) is 7.85. The van der Waals surface area contributed by atoms with E-state index in [2.05, 4.69) is 41.3 Å². The summed E-state index contributed by atoms with van der Waals surface area (Å²) in [5.74, 6) is -0.246. The normalized spacial score (nSPS) is 19.5. The number of fused-ring (bicyclic) bond motifs is 5. The average Bonchev–Trinajstić information content (AvgIpc) is 2.92. The van der Waals surface area contributed by atoms with E-state index in [0.717, 1.165) is 35.8 Å². The van der Waals surface area contributed by atoms with Crippen molar-refractivity contribution in [2.24, 2.45) is 4.99 Å². The average molecular weight is 306 g/mol. The molecule has 116 valence electrons. The number of para-hydroxylation sites is 1. The van der Waals surface area contributed by atoms with Crippen molar-refractivity contribution in [2.75, 3.05) is 13.1 Å². The molecule has 0 aliphatic carbocycles. The van der Waals surface area contributed by atoms with Crippen molar-refractivity contribution in [1.29, 1.82) is 0 Å². The predicted molar refractivity (Wildman–Crippen MR) is 90.5 cm³/mol. The lowest BCUT2D eigenvalue weighted by Gasteiger charge is -2.35. The Hall–Kier alpha value is -2.62. The lowest BCUT2D eigenvalue weighted by Crippen LogP contribution is -2.37. The number of rotatable bonds is 2. The van der Waals surface area contributed by atoms with Crippen LogP contribution in [-0.2, 0) is 9.53 Å². The van der Waals surface area contributed by atoms with E-state index in [1.165, 1.54) is 18.1 Å². The Morgan fingerprint density at radius 1 is 1.30 bits per heavy atom. The minimum atomic E-state index is -0.246. The van der Waals surface area contributed by atoms with Gasteiger partial charge in [0.2, 0.25) is 0 Å². The minimum absolute atomic E-state index is 0.196. The van der Waals surface area contributed by atoms with Gasteiger partial charge < -0.3 is 9.64 Å². The molecule has 3 aliphatic rings. The van der Waals surface area contributed by atoms with Gasteiger partial charge >= 0.3 is 5.97 Å². The molecule has 4 rings (SSSR count). The molecule has 23 heavy (non-hydrogen) atoms. The second-order valence-corrected chi connectivity index (χ2v) is 6.02. The third-order valence-electron chi connectivity index (χ3n) is 4.47. The van der Waals surface area contributed by atoms with Crippen LogP contribution < -0.4 is 0 Å². The van der Waals surface area contributed by atoms with Crippen LogP contribution in [0.5, 0.6) is 0 Å². The van der Waals surface area contributed by atoms with Crippen molar-refractivity contribution in [1.82, 2.24) is 4.90 Å². The molecule has 4 nitrogen and oxygen atoms in total. The summed E-state index contributed by atoms with van der Waals surface area (Å²) >= 11 is 0. The molecule has 0 amide bonds. The molecule has 0 N–H and O–H groups in total. The second-order valence-electron chi connectivity index (χ2n) is 6.02. The molecular weight excluding hydrogens is 288 g/mol. The highest BCUT2D eigenvalue weighted by molar-refractivity contribution is 6.36. The van der Waals surface area contributed by atoms with Gasteiger partial charge in [-0.3, -0.25) is 4.79 Å². The number of carbonyl (C=O) groups excluding carboxylic acids is 1. The van der Waals surface area contributed by atoms with E-state index < -0.39 is 0 Å². The number of aliphatic imine (C=N–C) groups is 1. The Morgan fingerprint density at radius 2 is 2.13 bits per heavy atom. The molecule has 0 fully saturated rings. The van der Waals surface area contributed by atoms with Crippen LogP contribution in [0.4, 0.5) is 5.69 Å². The van der Waals surface area contributed by atoms with Crippen LogP contribution in [0.25, 0.3) is 5.57 Å². The van der Waals surface area contributed by atoms with E-state index in [9.17, 15) is 4.79 Å². The number of hydrogen-bond acceptors (Lipinski definition) is 4.